The summed E-state index contributed by atoms with van der Waals surface area (Å²) in [5.74, 6) is -1.27. The topological polar surface area (TPSA) is 101 Å². The summed E-state index contributed by atoms with van der Waals surface area (Å²) >= 11 is 0. The SMILES string of the molecule is Cc1nc(-c2cccc(Cn3nc(-c4cc(F)c(OCCCn5ccnc5)c(F)c4)ccc3=O)c2)no1. The molecule has 0 saturated carbocycles. The van der Waals surface area contributed by atoms with Crippen LogP contribution in [0.25, 0.3) is 22.6 Å². The molecule has 0 saturated heterocycles. The van der Waals surface area contributed by atoms with Crippen LogP contribution in [-0.4, -0.2) is 36.1 Å². The van der Waals surface area contributed by atoms with Crippen molar-refractivity contribution in [2.24, 2.45) is 0 Å². The van der Waals surface area contributed by atoms with Gasteiger partial charge in [0.25, 0.3) is 5.56 Å². The zero-order valence-electron chi connectivity index (χ0n) is 19.8. The minimum absolute atomic E-state index is 0.136. The molecule has 11 heteroatoms. The van der Waals surface area contributed by atoms with Gasteiger partial charge < -0.3 is 13.8 Å². The van der Waals surface area contributed by atoms with Crippen molar-refractivity contribution in [1.82, 2.24) is 29.5 Å². The molecule has 5 aromatic rings. The number of hydrogen-bond donors (Lipinski definition) is 0. The van der Waals surface area contributed by atoms with Crippen LogP contribution in [0.5, 0.6) is 5.75 Å². The average molecular weight is 504 g/mol. The fourth-order valence-electron chi connectivity index (χ4n) is 3.80. The van der Waals surface area contributed by atoms with Crippen LogP contribution in [-0.2, 0) is 13.1 Å². The summed E-state index contributed by atoms with van der Waals surface area (Å²) in [5, 5.41) is 8.24. The van der Waals surface area contributed by atoms with E-state index in [0.717, 1.165) is 23.3 Å². The van der Waals surface area contributed by atoms with E-state index < -0.39 is 17.4 Å². The van der Waals surface area contributed by atoms with E-state index in [-0.39, 0.29) is 30.0 Å². The van der Waals surface area contributed by atoms with Crippen molar-refractivity contribution in [2.75, 3.05) is 6.61 Å². The van der Waals surface area contributed by atoms with E-state index in [1.54, 1.807) is 25.6 Å². The lowest BCUT2D eigenvalue weighted by Crippen LogP contribution is -2.22. The first kappa shape index (κ1) is 24.0. The molecule has 0 unspecified atom stereocenters. The summed E-state index contributed by atoms with van der Waals surface area (Å²) in [4.78, 5) is 20.6. The third kappa shape index (κ3) is 5.61. The van der Waals surface area contributed by atoms with Gasteiger partial charge in [-0.15, -0.1) is 0 Å². The molecule has 0 radical (unpaired) electrons. The van der Waals surface area contributed by atoms with E-state index >= 15 is 0 Å². The van der Waals surface area contributed by atoms with E-state index in [0.29, 0.717) is 24.7 Å². The maximum atomic E-state index is 14.7. The van der Waals surface area contributed by atoms with Crippen molar-refractivity contribution in [2.45, 2.75) is 26.4 Å². The highest BCUT2D eigenvalue weighted by atomic mass is 19.1. The fourth-order valence-corrected chi connectivity index (χ4v) is 3.80. The van der Waals surface area contributed by atoms with Gasteiger partial charge in [0.2, 0.25) is 11.7 Å². The highest BCUT2D eigenvalue weighted by molar-refractivity contribution is 5.60. The zero-order chi connectivity index (χ0) is 25.8. The quantitative estimate of drug-likeness (QED) is 0.277. The minimum Gasteiger partial charge on any atom is -0.488 e. The van der Waals surface area contributed by atoms with Crippen molar-refractivity contribution in [3.8, 4) is 28.4 Å². The van der Waals surface area contributed by atoms with Crippen LogP contribution in [0.15, 0.2) is 76.6 Å². The normalized spacial score (nSPS) is 11.1. The molecule has 3 heterocycles. The Morgan fingerprint density at radius 1 is 1.05 bits per heavy atom. The average Bonchev–Trinajstić information content (AvgIpc) is 3.56. The highest BCUT2D eigenvalue weighted by Gasteiger charge is 2.15. The van der Waals surface area contributed by atoms with Crippen LogP contribution in [0.1, 0.15) is 17.9 Å². The van der Waals surface area contributed by atoms with Gasteiger partial charge >= 0.3 is 0 Å². The molecule has 0 aliphatic heterocycles. The molecule has 0 N–H and O–H groups in total. The number of halogens is 2. The van der Waals surface area contributed by atoms with E-state index in [9.17, 15) is 13.6 Å². The summed E-state index contributed by atoms with van der Waals surface area (Å²) in [6.45, 7) is 2.59. The molecule has 0 fully saturated rings. The lowest BCUT2D eigenvalue weighted by atomic mass is 10.1. The van der Waals surface area contributed by atoms with Gasteiger partial charge in [0.15, 0.2) is 17.4 Å². The molecule has 0 aliphatic carbocycles. The summed E-state index contributed by atoms with van der Waals surface area (Å²) in [7, 11) is 0. The Morgan fingerprint density at radius 2 is 1.89 bits per heavy atom. The first-order valence-electron chi connectivity index (χ1n) is 11.5. The van der Waals surface area contributed by atoms with E-state index in [4.69, 9.17) is 9.26 Å². The summed E-state index contributed by atoms with van der Waals surface area (Å²) in [6.07, 6.45) is 5.67. The van der Waals surface area contributed by atoms with E-state index in [2.05, 4.69) is 20.2 Å². The highest BCUT2D eigenvalue weighted by Crippen LogP contribution is 2.28. The Hall–Kier alpha value is -4.67. The second kappa shape index (κ2) is 10.5. The summed E-state index contributed by atoms with van der Waals surface area (Å²) < 4.78 is 42.9. The summed E-state index contributed by atoms with van der Waals surface area (Å²) in [6, 6.07) is 12.3. The van der Waals surface area contributed by atoms with E-state index in [1.165, 1.54) is 16.8 Å². The van der Waals surface area contributed by atoms with Crippen molar-refractivity contribution < 1.29 is 18.0 Å². The summed E-state index contributed by atoms with van der Waals surface area (Å²) in [5.41, 5.74) is 1.56. The minimum atomic E-state index is -0.847. The molecule has 188 valence electrons. The molecule has 0 bridgehead atoms. The Bertz CT molecular complexity index is 1560. The molecule has 3 aromatic heterocycles. The third-order valence-corrected chi connectivity index (χ3v) is 5.57. The first-order chi connectivity index (χ1) is 18.0. The number of rotatable bonds is 9. The Labute approximate surface area is 210 Å². The number of benzene rings is 2. The number of aryl methyl sites for hydroxylation is 2. The molecule has 0 amide bonds. The molecule has 5 rings (SSSR count). The molecule has 0 atom stereocenters. The van der Waals surface area contributed by atoms with Crippen LogP contribution in [0.2, 0.25) is 0 Å². The van der Waals surface area contributed by atoms with Crippen LogP contribution in [0, 0.1) is 18.6 Å². The number of hydrogen-bond acceptors (Lipinski definition) is 7. The van der Waals surface area contributed by atoms with Crippen molar-refractivity contribution in [3.63, 3.8) is 0 Å². The number of imidazole rings is 1. The van der Waals surface area contributed by atoms with Crippen molar-refractivity contribution in [3.05, 3.63) is 101 Å². The van der Waals surface area contributed by atoms with Gasteiger partial charge in [0.05, 0.1) is 25.2 Å². The Kier molecular flexibility index (Phi) is 6.84. The van der Waals surface area contributed by atoms with Gasteiger partial charge in [-0.05, 0) is 36.2 Å². The smallest absolute Gasteiger partial charge is 0.267 e. The molecular weight excluding hydrogens is 482 g/mol. The number of ether oxygens (including phenoxy) is 1. The zero-order valence-corrected chi connectivity index (χ0v) is 19.8. The predicted molar refractivity (Wildman–Crippen MR) is 130 cm³/mol. The second-order valence-corrected chi connectivity index (χ2v) is 8.32. The molecule has 0 aliphatic rings. The third-order valence-electron chi connectivity index (χ3n) is 5.57. The molecule has 0 spiro atoms. The van der Waals surface area contributed by atoms with Crippen molar-refractivity contribution in [1.29, 1.82) is 0 Å². The van der Waals surface area contributed by atoms with Gasteiger partial charge in [-0.1, -0.05) is 23.4 Å². The van der Waals surface area contributed by atoms with Gasteiger partial charge in [-0.2, -0.15) is 10.1 Å². The molecule has 37 heavy (non-hydrogen) atoms. The van der Waals surface area contributed by atoms with Gasteiger partial charge in [0.1, 0.15) is 0 Å². The number of aromatic nitrogens is 6. The van der Waals surface area contributed by atoms with Crippen LogP contribution in [0.4, 0.5) is 8.78 Å². The van der Waals surface area contributed by atoms with Crippen LogP contribution >= 0.6 is 0 Å². The van der Waals surface area contributed by atoms with Crippen LogP contribution in [0.3, 0.4) is 0 Å². The lowest BCUT2D eigenvalue weighted by Gasteiger charge is -2.11. The molecule has 2 aromatic carbocycles. The maximum absolute atomic E-state index is 14.7. The van der Waals surface area contributed by atoms with Gasteiger partial charge in [-0.25, -0.2) is 18.4 Å². The van der Waals surface area contributed by atoms with Crippen molar-refractivity contribution >= 4 is 0 Å². The lowest BCUT2D eigenvalue weighted by molar-refractivity contribution is 0.273. The first-order valence-corrected chi connectivity index (χ1v) is 11.5. The molecular formula is C26H22F2N6O3. The largest absolute Gasteiger partial charge is 0.488 e. The molecule has 9 nitrogen and oxygen atoms in total. The standard InChI is InChI=1S/C26H22F2N6O3/c1-17-30-26(32-37-17)19-5-2-4-18(12-19)15-34-24(35)7-6-23(31-34)20-13-21(27)25(22(28)14-20)36-11-3-9-33-10-8-29-16-33/h2,4-8,10,12-14,16H,3,9,11,15H2,1H3. The number of nitrogens with zero attached hydrogens (tertiary/aromatic N) is 6. The van der Waals surface area contributed by atoms with E-state index in [1.807, 2.05) is 28.8 Å². The van der Waals surface area contributed by atoms with Crippen LogP contribution < -0.4 is 10.3 Å². The van der Waals surface area contributed by atoms with Gasteiger partial charge in [-0.3, -0.25) is 4.79 Å². The second-order valence-electron chi connectivity index (χ2n) is 8.32. The Morgan fingerprint density at radius 3 is 2.62 bits per heavy atom. The van der Waals surface area contributed by atoms with Gasteiger partial charge in [0, 0.05) is 43.1 Å². The fraction of sp³-hybridized carbons (Fsp3) is 0.192. The Balaban J connectivity index is 1.32. The maximum Gasteiger partial charge on any atom is 0.267 e. The monoisotopic (exact) mass is 504 g/mol. The predicted octanol–water partition coefficient (Wildman–Crippen LogP) is 4.26.